The lowest BCUT2D eigenvalue weighted by atomic mass is 10.1. The third-order valence-corrected chi connectivity index (χ3v) is 2.55. The van der Waals surface area contributed by atoms with Crippen LogP contribution < -0.4 is 10.5 Å². The van der Waals surface area contributed by atoms with Gasteiger partial charge in [-0.2, -0.15) is 0 Å². The maximum atomic E-state index is 5.85. The zero-order valence-electron chi connectivity index (χ0n) is 10.7. The first-order valence-electron chi connectivity index (χ1n) is 5.79. The standard InChI is InChI=1S/C13H16N4O/c1-8(2)11-12(14)16-7-17-13(11)18-10-5-4-9(3)15-6-10/h4-8H,1-3H3,(H2,14,16,17). The number of hydrogen-bond donors (Lipinski definition) is 1. The first kappa shape index (κ1) is 12.3. The largest absolute Gasteiger partial charge is 0.437 e. The first-order valence-corrected chi connectivity index (χ1v) is 5.79. The van der Waals surface area contributed by atoms with Crippen LogP contribution in [-0.2, 0) is 0 Å². The monoisotopic (exact) mass is 244 g/mol. The SMILES string of the molecule is Cc1ccc(Oc2ncnc(N)c2C(C)C)cn1. The minimum Gasteiger partial charge on any atom is -0.437 e. The van der Waals surface area contributed by atoms with E-state index in [4.69, 9.17) is 10.5 Å². The van der Waals surface area contributed by atoms with E-state index in [1.807, 2.05) is 32.9 Å². The Morgan fingerprint density at radius 2 is 1.94 bits per heavy atom. The van der Waals surface area contributed by atoms with E-state index in [1.165, 1.54) is 6.33 Å². The molecule has 0 aromatic carbocycles. The predicted octanol–water partition coefficient (Wildman–Crippen LogP) is 2.68. The lowest BCUT2D eigenvalue weighted by Gasteiger charge is -2.13. The van der Waals surface area contributed by atoms with Crippen LogP contribution in [0.25, 0.3) is 0 Å². The third kappa shape index (κ3) is 2.56. The molecule has 0 unspecified atom stereocenters. The number of rotatable bonds is 3. The summed E-state index contributed by atoms with van der Waals surface area (Å²) in [5, 5.41) is 0. The van der Waals surface area contributed by atoms with Gasteiger partial charge < -0.3 is 10.5 Å². The number of nitrogens with zero attached hydrogens (tertiary/aromatic N) is 3. The summed E-state index contributed by atoms with van der Waals surface area (Å²) in [6.45, 7) is 5.97. The Labute approximate surface area is 106 Å². The normalized spacial score (nSPS) is 10.7. The molecule has 5 nitrogen and oxygen atoms in total. The van der Waals surface area contributed by atoms with E-state index in [-0.39, 0.29) is 5.92 Å². The van der Waals surface area contributed by atoms with E-state index in [1.54, 1.807) is 6.20 Å². The van der Waals surface area contributed by atoms with E-state index in [9.17, 15) is 0 Å². The summed E-state index contributed by atoms with van der Waals surface area (Å²) in [6, 6.07) is 3.74. The van der Waals surface area contributed by atoms with Crippen LogP contribution in [0.15, 0.2) is 24.7 Å². The van der Waals surface area contributed by atoms with Crippen molar-refractivity contribution >= 4 is 5.82 Å². The van der Waals surface area contributed by atoms with Gasteiger partial charge in [-0.3, -0.25) is 4.98 Å². The van der Waals surface area contributed by atoms with Gasteiger partial charge in [-0.1, -0.05) is 13.8 Å². The Kier molecular flexibility index (Phi) is 3.41. The molecule has 2 aromatic heterocycles. The maximum Gasteiger partial charge on any atom is 0.227 e. The summed E-state index contributed by atoms with van der Waals surface area (Å²) >= 11 is 0. The van der Waals surface area contributed by atoms with Crippen molar-refractivity contribution in [1.82, 2.24) is 15.0 Å². The molecule has 2 N–H and O–H groups in total. The van der Waals surface area contributed by atoms with Crippen molar-refractivity contribution in [2.75, 3.05) is 5.73 Å². The Bertz CT molecular complexity index is 537. The lowest BCUT2D eigenvalue weighted by Crippen LogP contribution is -2.04. The molecule has 0 spiro atoms. The zero-order chi connectivity index (χ0) is 13.1. The van der Waals surface area contributed by atoms with Gasteiger partial charge in [0.2, 0.25) is 5.88 Å². The number of anilines is 1. The van der Waals surface area contributed by atoms with Crippen molar-refractivity contribution in [1.29, 1.82) is 0 Å². The van der Waals surface area contributed by atoms with Crippen LogP contribution in [0, 0.1) is 6.92 Å². The molecule has 0 amide bonds. The van der Waals surface area contributed by atoms with E-state index >= 15 is 0 Å². The van der Waals surface area contributed by atoms with Crippen LogP contribution in [0.2, 0.25) is 0 Å². The van der Waals surface area contributed by atoms with Crippen molar-refractivity contribution in [3.05, 3.63) is 35.9 Å². The van der Waals surface area contributed by atoms with Crippen LogP contribution in [0.3, 0.4) is 0 Å². The molecule has 2 heterocycles. The number of nitrogens with two attached hydrogens (primary N) is 1. The van der Waals surface area contributed by atoms with Crippen LogP contribution >= 0.6 is 0 Å². The molecule has 0 bridgehead atoms. The van der Waals surface area contributed by atoms with Gasteiger partial charge in [0.05, 0.1) is 11.8 Å². The number of hydrogen-bond acceptors (Lipinski definition) is 5. The average molecular weight is 244 g/mol. The molecule has 5 heteroatoms. The molecule has 0 atom stereocenters. The molecule has 94 valence electrons. The molecule has 2 aromatic rings. The number of pyridine rings is 1. The van der Waals surface area contributed by atoms with Gasteiger partial charge in [-0.15, -0.1) is 0 Å². The van der Waals surface area contributed by atoms with Gasteiger partial charge in [-0.05, 0) is 25.0 Å². The van der Waals surface area contributed by atoms with Crippen molar-refractivity contribution in [3.8, 4) is 11.6 Å². The second-order valence-electron chi connectivity index (χ2n) is 4.37. The number of nitrogen functional groups attached to an aromatic ring is 1. The molecule has 0 radical (unpaired) electrons. The Balaban J connectivity index is 2.34. The molecular formula is C13H16N4O. The molecule has 0 saturated heterocycles. The van der Waals surface area contributed by atoms with E-state index in [0.717, 1.165) is 11.3 Å². The van der Waals surface area contributed by atoms with E-state index < -0.39 is 0 Å². The number of aromatic nitrogens is 3. The molecule has 2 rings (SSSR count). The average Bonchev–Trinajstić information content (AvgIpc) is 2.32. The van der Waals surface area contributed by atoms with Crippen molar-refractivity contribution in [2.24, 2.45) is 0 Å². The second kappa shape index (κ2) is 5.00. The highest BCUT2D eigenvalue weighted by molar-refractivity contribution is 5.47. The van der Waals surface area contributed by atoms with E-state index in [2.05, 4.69) is 15.0 Å². The molecule has 0 fully saturated rings. The maximum absolute atomic E-state index is 5.85. The van der Waals surface area contributed by atoms with Gasteiger partial charge in [0.1, 0.15) is 17.9 Å². The van der Waals surface area contributed by atoms with Gasteiger partial charge in [-0.25, -0.2) is 9.97 Å². The highest BCUT2D eigenvalue weighted by atomic mass is 16.5. The van der Waals surface area contributed by atoms with Crippen LogP contribution in [0.1, 0.15) is 31.0 Å². The summed E-state index contributed by atoms with van der Waals surface area (Å²) in [5.74, 6) is 1.78. The third-order valence-electron chi connectivity index (χ3n) is 2.55. The Morgan fingerprint density at radius 3 is 2.56 bits per heavy atom. The van der Waals surface area contributed by atoms with Crippen molar-refractivity contribution < 1.29 is 4.74 Å². The predicted molar refractivity (Wildman–Crippen MR) is 69.6 cm³/mol. The van der Waals surface area contributed by atoms with Gasteiger partial charge >= 0.3 is 0 Å². The van der Waals surface area contributed by atoms with Crippen LogP contribution in [0.4, 0.5) is 5.82 Å². The summed E-state index contributed by atoms with van der Waals surface area (Å²) in [4.78, 5) is 12.3. The summed E-state index contributed by atoms with van der Waals surface area (Å²) in [6.07, 6.45) is 3.07. The fourth-order valence-corrected chi connectivity index (χ4v) is 1.64. The summed E-state index contributed by atoms with van der Waals surface area (Å²) in [5.41, 5.74) is 7.61. The molecule has 0 aliphatic rings. The lowest BCUT2D eigenvalue weighted by molar-refractivity contribution is 0.449. The quantitative estimate of drug-likeness (QED) is 0.898. The highest BCUT2D eigenvalue weighted by Gasteiger charge is 2.14. The second-order valence-corrected chi connectivity index (χ2v) is 4.37. The fourth-order valence-electron chi connectivity index (χ4n) is 1.64. The van der Waals surface area contributed by atoms with Gasteiger partial charge in [0, 0.05) is 5.69 Å². The summed E-state index contributed by atoms with van der Waals surface area (Å²) < 4.78 is 5.71. The smallest absolute Gasteiger partial charge is 0.227 e. The van der Waals surface area contributed by atoms with Crippen molar-refractivity contribution in [2.45, 2.75) is 26.7 Å². The minimum absolute atomic E-state index is 0.194. The number of aryl methyl sites for hydroxylation is 1. The zero-order valence-corrected chi connectivity index (χ0v) is 10.7. The summed E-state index contributed by atoms with van der Waals surface area (Å²) in [7, 11) is 0. The van der Waals surface area contributed by atoms with Crippen LogP contribution in [0.5, 0.6) is 11.6 Å². The van der Waals surface area contributed by atoms with Gasteiger partial charge in [0.15, 0.2) is 0 Å². The molecule has 0 saturated carbocycles. The van der Waals surface area contributed by atoms with Crippen LogP contribution in [-0.4, -0.2) is 15.0 Å². The van der Waals surface area contributed by atoms with E-state index in [0.29, 0.717) is 17.4 Å². The van der Waals surface area contributed by atoms with Crippen molar-refractivity contribution in [3.63, 3.8) is 0 Å². The first-order chi connectivity index (χ1) is 8.58. The molecular weight excluding hydrogens is 228 g/mol. The molecule has 0 aliphatic heterocycles. The topological polar surface area (TPSA) is 73.9 Å². The fraction of sp³-hybridized carbons (Fsp3) is 0.308. The minimum atomic E-state index is 0.194. The Morgan fingerprint density at radius 1 is 1.17 bits per heavy atom. The van der Waals surface area contributed by atoms with Gasteiger partial charge in [0.25, 0.3) is 0 Å². The molecule has 18 heavy (non-hydrogen) atoms. The molecule has 0 aliphatic carbocycles. The highest BCUT2D eigenvalue weighted by Crippen LogP contribution is 2.31. The Hall–Kier alpha value is -2.17. The number of ether oxygens (including phenoxy) is 1.